The van der Waals surface area contributed by atoms with Crippen LogP contribution in [0.2, 0.25) is 0 Å². The average molecular weight is 562 g/mol. The van der Waals surface area contributed by atoms with E-state index in [-0.39, 0.29) is 28.9 Å². The van der Waals surface area contributed by atoms with E-state index in [1.807, 2.05) is 31.2 Å². The predicted molar refractivity (Wildman–Crippen MR) is 134 cm³/mol. The second-order valence-electron chi connectivity index (χ2n) is 6.63. The van der Waals surface area contributed by atoms with E-state index < -0.39 is 10.0 Å². The lowest BCUT2D eigenvalue weighted by Gasteiger charge is -2.17. The molecule has 172 valence electrons. The summed E-state index contributed by atoms with van der Waals surface area (Å²) in [6.45, 7) is 3.39. The van der Waals surface area contributed by atoms with Crippen molar-refractivity contribution in [2.45, 2.75) is 24.9 Å². The molecule has 0 unspecified atom stereocenters. The summed E-state index contributed by atoms with van der Waals surface area (Å²) in [6, 6.07) is 12.6. The maximum Gasteiger partial charge on any atom is 0.242 e. The monoisotopic (exact) mass is 562 g/mol. The topological polar surface area (TPSA) is 92.3 Å². The first-order chi connectivity index (χ1) is 14.3. The molecule has 0 bridgehead atoms. The molecule has 0 spiro atoms. The van der Waals surface area contributed by atoms with E-state index in [1.54, 1.807) is 32.4 Å². The van der Waals surface area contributed by atoms with Crippen LogP contribution >= 0.6 is 24.0 Å². The SMILES string of the molecule is CCNC(=NCc1ccc(OC)c(OC)c1)NCc1ccccc1S(=O)(=O)N(C)C.I. The van der Waals surface area contributed by atoms with Crippen molar-refractivity contribution >= 4 is 40.0 Å². The van der Waals surface area contributed by atoms with Crippen LogP contribution in [-0.4, -0.2) is 53.5 Å². The van der Waals surface area contributed by atoms with Gasteiger partial charge in [-0.1, -0.05) is 24.3 Å². The van der Waals surface area contributed by atoms with Crippen molar-refractivity contribution in [2.24, 2.45) is 4.99 Å². The van der Waals surface area contributed by atoms with Crippen molar-refractivity contribution < 1.29 is 17.9 Å². The first-order valence-corrected chi connectivity index (χ1v) is 11.0. The van der Waals surface area contributed by atoms with Crippen LogP contribution in [-0.2, 0) is 23.1 Å². The maximum absolute atomic E-state index is 12.6. The minimum absolute atomic E-state index is 0. The van der Waals surface area contributed by atoms with Gasteiger partial charge in [0.1, 0.15) is 0 Å². The molecule has 0 aliphatic rings. The van der Waals surface area contributed by atoms with E-state index in [2.05, 4.69) is 15.6 Å². The molecule has 0 heterocycles. The molecule has 2 rings (SSSR count). The van der Waals surface area contributed by atoms with Gasteiger partial charge < -0.3 is 20.1 Å². The molecule has 0 saturated carbocycles. The van der Waals surface area contributed by atoms with Crippen LogP contribution < -0.4 is 20.1 Å². The molecular formula is C21H31IN4O4S. The number of hydrogen-bond donors (Lipinski definition) is 2. The molecule has 31 heavy (non-hydrogen) atoms. The third-order valence-electron chi connectivity index (χ3n) is 4.39. The molecule has 0 radical (unpaired) electrons. The van der Waals surface area contributed by atoms with Gasteiger partial charge in [0.2, 0.25) is 10.0 Å². The summed E-state index contributed by atoms with van der Waals surface area (Å²) in [5, 5.41) is 6.39. The molecule has 8 nitrogen and oxygen atoms in total. The van der Waals surface area contributed by atoms with Gasteiger partial charge in [-0.25, -0.2) is 17.7 Å². The number of sulfonamides is 1. The standard InChI is InChI=1S/C21H30N4O4S.HI/c1-6-22-21(23-14-16-11-12-18(28-4)19(13-16)29-5)24-15-17-9-7-8-10-20(17)30(26,27)25(2)3;/h7-13H,6,14-15H2,1-5H3,(H2,22,23,24);1H. The molecule has 2 N–H and O–H groups in total. The lowest BCUT2D eigenvalue weighted by atomic mass is 10.2. The van der Waals surface area contributed by atoms with E-state index in [9.17, 15) is 8.42 Å². The van der Waals surface area contributed by atoms with Gasteiger partial charge in [0, 0.05) is 27.2 Å². The number of ether oxygens (including phenoxy) is 2. The van der Waals surface area contributed by atoms with Gasteiger partial charge in [-0.05, 0) is 36.2 Å². The number of nitrogens with one attached hydrogen (secondary N) is 2. The van der Waals surface area contributed by atoms with Crippen molar-refractivity contribution in [3.63, 3.8) is 0 Å². The predicted octanol–water partition coefficient (Wildman–Crippen LogP) is 2.83. The van der Waals surface area contributed by atoms with Gasteiger partial charge in [-0.3, -0.25) is 0 Å². The molecule has 0 atom stereocenters. The second kappa shape index (κ2) is 12.7. The van der Waals surface area contributed by atoms with Gasteiger partial charge in [0.15, 0.2) is 17.5 Å². The highest BCUT2D eigenvalue weighted by atomic mass is 127. The highest BCUT2D eigenvalue weighted by Crippen LogP contribution is 2.27. The van der Waals surface area contributed by atoms with Gasteiger partial charge in [0.25, 0.3) is 0 Å². The van der Waals surface area contributed by atoms with Crippen LogP contribution in [0, 0.1) is 0 Å². The highest BCUT2D eigenvalue weighted by molar-refractivity contribution is 14.0. The van der Waals surface area contributed by atoms with Crippen molar-refractivity contribution in [2.75, 3.05) is 34.9 Å². The summed E-state index contributed by atoms with van der Waals surface area (Å²) in [5.41, 5.74) is 1.63. The third kappa shape index (κ3) is 7.25. The fourth-order valence-electron chi connectivity index (χ4n) is 2.77. The Balaban J connectivity index is 0.00000480. The summed E-state index contributed by atoms with van der Waals surface area (Å²) in [7, 11) is 2.70. The smallest absolute Gasteiger partial charge is 0.242 e. The lowest BCUT2D eigenvalue weighted by molar-refractivity contribution is 0.354. The Morgan fingerprint density at radius 3 is 2.32 bits per heavy atom. The summed E-state index contributed by atoms with van der Waals surface area (Å²) >= 11 is 0. The minimum Gasteiger partial charge on any atom is -0.493 e. The fraction of sp³-hybridized carbons (Fsp3) is 0.381. The lowest BCUT2D eigenvalue weighted by Crippen LogP contribution is -2.37. The second-order valence-corrected chi connectivity index (χ2v) is 8.75. The van der Waals surface area contributed by atoms with Gasteiger partial charge in [-0.15, -0.1) is 24.0 Å². The number of benzene rings is 2. The van der Waals surface area contributed by atoms with Crippen molar-refractivity contribution in [1.82, 2.24) is 14.9 Å². The van der Waals surface area contributed by atoms with Crippen LogP contribution in [0.5, 0.6) is 11.5 Å². The van der Waals surface area contributed by atoms with Crippen LogP contribution in [0.1, 0.15) is 18.1 Å². The molecule has 0 fully saturated rings. The Kier molecular flexibility index (Phi) is 11.1. The van der Waals surface area contributed by atoms with E-state index in [1.165, 1.54) is 18.4 Å². The normalized spacial score (nSPS) is 11.6. The number of guanidine groups is 1. The van der Waals surface area contributed by atoms with Gasteiger partial charge in [0.05, 0.1) is 25.7 Å². The molecule has 2 aromatic carbocycles. The molecule has 0 saturated heterocycles. The van der Waals surface area contributed by atoms with Gasteiger partial charge >= 0.3 is 0 Å². The summed E-state index contributed by atoms with van der Waals surface area (Å²) in [6.07, 6.45) is 0. The quantitative estimate of drug-likeness (QED) is 0.278. The zero-order valence-electron chi connectivity index (χ0n) is 18.5. The molecule has 0 amide bonds. The Bertz CT molecular complexity index is 981. The zero-order chi connectivity index (χ0) is 22.1. The summed E-state index contributed by atoms with van der Waals surface area (Å²) in [5.74, 6) is 1.89. The van der Waals surface area contributed by atoms with Crippen LogP contribution in [0.4, 0.5) is 0 Å². The maximum atomic E-state index is 12.6. The van der Waals surface area contributed by atoms with E-state index in [0.29, 0.717) is 42.7 Å². The number of rotatable bonds is 9. The molecule has 0 aliphatic heterocycles. The zero-order valence-corrected chi connectivity index (χ0v) is 21.7. The molecule has 0 aliphatic carbocycles. The van der Waals surface area contributed by atoms with Crippen molar-refractivity contribution in [3.05, 3.63) is 53.6 Å². The van der Waals surface area contributed by atoms with Crippen LogP contribution in [0.3, 0.4) is 0 Å². The summed E-state index contributed by atoms with van der Waals surface area (Å²) in [4.78, 5) is 4.87. The first-order valence-electron chi connectivity index (χ1n) is 9.57. The number of methoxy groups -OCH3 is 2. The van der Waals surface area contributed by atoms with E-state index in [4.69, 9.17) is 9.47 Å². The van der Waals surface area contributed by atoms with Crippen LogP contribution in [0.25, 0.3) is 0 Å². The number of aliphatic imine (C=N–C) groups is 1. The van der Waals surface area contributed by atoms with Crippen LogP contribution in [0.15, 0.2) is 52.4 Å². The average Bonchev–Trinajstić information content (AvgIpc) is 2.75. The largest absolute Gasteiger partial charge is 0.493 e. The Morgan fingerprint density at radius 1 is 1.03 bits per heavy atom. The summed E-state index contributed by atoms with van der Waals surface area (Å²) < 4.78 is 37.0. The fourth-order valence-corrected chi connectivity index (χ4v) is 3.88. The van der Waals surface area contributed by atoms with Gasteiger partial charge in [-0.2, -0.15) is 0 Å². The Labute approximate surface area is 202 Å². The third-order valence-corrected chi connectivity index (χ3v) is 6.30. The Hall–Kier alpha value is -2.05. The number of nitrogens with zero attached hydrogens (tertiary/aromatic N) is 2. The first kappa shape index (κ1) is 27.0. The van der Waals surface area contributed by atoms with E-state index >= 15 is 0 Å². The highest BCUT2D eigenvalue weighted by Gasteiger charge is 2.20. The molecular weight excluding hydrogens is 531 g/mol. The Morgan fingerprint density at radius 2 is 1.71 bits per heavy atom. The van der Waals surface area contributed by atoms with Crippen molar-refractivity contribution in [3.8, 4) is 11.5 Å². The number of halogens is 1. The molecule has 2 aromatic rings. The minimum atomic E-state index is -3.53. The number of hydrogen-bond acceptors (Lipinski definition) is 5. The molecule has 0 aromatic heterocycles. The molecule has 10 heteroatoms. The van der Waals surface area contributed by atoms with E-state index in [0.717, 1.165) is 5.56 Å². The van der Waals surface area contributed by atoms with Crippen molar-refractivity contribution in [1.29, 1.82) is 0 Å².